The number of hydrogen-bond acceptors (Lipinski definition) is 1. The second-order valence-electron chi connectivity index (χ2n) is 7.55. The molecule has 0 N–H and O–H groups in total. The molecule has 0 aliphatic heterocycles. The summed E-state index contributed by atoms with van der Waals surface area (Å²) in [7, 11) is -2.00. The molecule has 5 radical (unpaired) electrons. The molecule has 0 amide bonds. The van der Waals surface area contributed by atoms with E-state index in [4.69, 9.17) is 0 Å². The molecule has 1 nitrogen and oxygen atoms in total. The molecule has 133 valence electrons. The number of hydrogen-bond donors (Lipinski definition) is 0. The third-order valence-corrected chi connectivity index (χ3v) is 9.38. The molecular formula is C23H26OP2+. The molecule has 2 atom stereocenters. The summed E-state index contributed by atoms with van der Waals surface area (Å²) in [6.45, 7) is 8.47. The van der Waals surface area contributed by atoms with Gasteiger partial charge in [-0.15, -0.1) is 0 Å². The van der Waals surface area contributed by atoms with Gasteiger partial charge in [-0.25, -0.2) is 0 Å². The summed E-state index contributed by atoms with van der Waals surface area (Å²) in [5.74, 6) is 1.24. The van der Waals surface area contributed by atoms with Crippen LogP contribution in [0.4, 0.5) is 0 Å². The van der Waals surface area contributed by atoms with Gasteiger partial charge in [0.25, 0.3) is 0 Å². The zero-order valence-electron chi connectivity index (χ0n) is 15.9. The topological polar surface area (TPSA) is 17.1 Å². The van der Waals surface area contributed by atoms with Crippen LogP contribution in [-0.2, 0) is 4.57 Å². The van der Waals surface area contributed by atoms with Crippen LogP contribution in [0.3, 0.4) is 0 Å². The van der Waals surface area contributed by atoms with E-state index in [0.29, 0.717) is 5.66 Å². The molecule has 2 aromatic carbocycles. The van der Waals surface area contributed by atoms with E-state index < -0.39 is 15.7 Å². The largest absolute Gasteiger partial charge is 0.356 e. The Labute approximate surface area is 161 Å². The first-order valence-electron chi connectivity index (χ1n) is 9.02. The van der Waals surface area contributed by atoms with Gasteiger partial charge in [-0.2, -0.15) is 0 Å². The quantitative estimate of drug-likeness (QED) is 0.593. The van der Waals surface area contributed by atoms with Gasteiger partial charge in [0.2, 0.25) is 5.66 Å². The number of benzene rings is 2. The molecule has 0 spiro atoms. The average molecular weight is 380 g/mol. The molecule has 1 aliphatic rings. The van der Waals surface area contributed by atoms with Crippen molar-refractivity contribution >= 4 is 26.3 Å². The van der Waals surface area contributed by atoms with Gasteiger partial charge in [0.15, 0.2) is 5.16 Å². The number of rotatable bonds is 5. The van der Waals surface area contributed by atoms with Crippen LogP contribution >= 0.6 is 15.7 Å². The van der Waals surface area contributed by atoms with Gasteiger partial charge in [0.05, 0.1) is 0 Å². The lowest BCUT2D eigenvalue weighted by atomic mass is 10.0. The van der Waals surface area contributed by atoms with E-state index in [1.54, 1.807) is 0 Å². The maximum atomic E-state index is 13.1. The van der Waals surface area contributed by atoms with E-state index in [2.05, 4.69) is 108 Å². The predicted molar refractivity (Wildman–Crippen MR) is 115 cm³/mol. The Kier molecular flexibility index (Phi) is 6.32. The van der Waals surface area contributed by atoms with E-state index in [-0.39, 0.29) is 5.16 Å². The van der Waals surface area contributed by atoms with E-state index in [1.807, 2.05) is 0 Å². The van der Waals surface area contributed by atoms with Crippen molar-refractivity contribution in [3.63, 3.8) is 0 Å². The molecule has 3 rings (SSSR count). The van der Waals surface area contributed by atoms with Crippen LogP contribution in [0.25, 0.3) is 0 Å². The summed E-state index contributed by atoms with van der Waals surface area (Å²) in [5.41, 5.74) is 1.33. The summed E-state index contributed by atoms with van der Waals surface area (Å²) >= 11 is 0. The van der Waals surface area contributed by atoms with Crippen LogP contribution < -0.4 is 10.6 Å². The summed E-state index contributed by atoms with van der Waals surface area (Å²) in [6, 6.07) is 21.5. The normalized spacial score (nSPS) is 18.3. The average Bonchev–Trinajstić information content (AvgIpc) is 3.12. The van der Waals surface area contributed by atoms with Gasteiger partial charge in [0, 0.05) is 12.3 Å². The highest BCUT2D eigenvalue weighted by atomic mass is 31.1. The van der Waals surface area contributed by atoms with Crippen molar-refractivity contribution in [2.45, 2.75) is 38.5 Å². The van der Waals surface area contributed by atoms with Gasteiger partial charge < -0.3 is 0 Å². The Morgan fingerprint density at radius 1 is 0.846 bits per heavy atom. The molecule has 1 saturated carbocycles. The Bertz CT molecular complexity index is 681. The molecule has 0 aromatic heterocycles. The van der Waals surface area contributed by atoms with Crippen molar-refractivity contribution in [1.82, 2.24) is 0 Å². The zero-order chi connectivity index (χ0) is 18.7. The third kappa shape index (κ3) is 4.27. The predicted octanol–water partition coefficient (Wildman–Crippen LogP) is 5.87. The molecule has 1 fully saturated rings. The molecule has 26 heavy (non-hydrogen) atoms. The Balaban J connectivity index is 1.95. The van der Waals surface area contributed by atoms with Crippen molar-refractivity contribution in [2.75, 3.05) is 0 Å². The smallest absolute Gasteiger partial charge is 0.0733 e. The van der Waals surface area contributed by atoms with Crippen molar-refractivity contribution in [1.29, 1.82) is 0 Å². The van der Waals surface area contributed by atoms with Crippen LogP contribution in [0.5, 0.6) is 0 Å². The minimum Gasteiger partial charge on any atom is -0.0733 e. The molecule has 0 heterocycles. The minimum absolute atomic E-state index is 0.222. The third-order valence-electron chi connectivity index (χ3n) is 4.56. The highest BCUT2D eigenvalue weighted by Gasteiger charge is 2.53. The fraction of sp³-hybridized carbons (Fsp3) is 0.261. The fourth-order valence-electron chi connectivity index (χ4n) is 3.24. The van der Waals surface area contributed by atoms with Gasteiger partial charge in [0.1, 0.15) is 0 Å². The fourth-order valence-corrected chi connectivity index (χ4v) is 7.47. The summed E-state index contributed by atoms with van der Waals surface area (Å²) < 4.78 is 13.1. The van der Waals surface area contributed by atoms with Crippen molar-refractivity contribution in [3.8, 4) is 0 Å². The first kappa shape index (κ1) is 19.7. The van der Waals surface area contributed by atoms with Crippen molar-refractivity contribution in [3.05, 3.63) is 91.5 Å². The van der Waals surface area contributed by atoms with Crippen LogP contribution in [0.2, 0.25) is 0 Å². The molecule has 0 bridgehead atoms. The van der Waals surface area contributed by atoms with Gasteiger partial charge in [-0.3, -0.25) is 0 Å². The molecule has 2 aromatic rings. The molecule has 1 unspecified atom stereocenters. The van der Waals surface area contributed by atoms with Crippen LogP contribution in [0.1, 0.15) is 27.7 Å². The maximum absolute atomic E-state index is 13.1. The Morgan fingerprint density at radius 2 is 1.35 bits per heavy atom. The maximum Gasteiger partial charge on any atom is 0.356 e. The molecule has 1 aliphatic carbocycles. The Morgan fingerprint density at radius 3 is 1.81 bits per heavy atom. The zero-order valence-corrected chi connectivity index (χ0v) is 17.7. The van der Waals surface area contributed by atoms with E-state index >= 15 is 0 Å². The monoisotopic (exact) mass is 380 g/mol. The van der Waals surface area contributed by atoms with Gasteiger partial charge >= 0.3 is 7.80 Å². The lowest BCUT2D eigenvalue weighted by Gasteiger charge is -2.30. The Hall–Kier alpha value is -1.03. The molecule has 3 heteroatoms. The van der Waals surface area contributed by atoms with E-state index in [9.17, 15) is 4.57 Å². The molecular weight excluding hydrogens is 354 g/mol. The van der Waals surface area contributed by atoms with Gasteiger partial charge in [-0.1, -0.05) is 72.2 Å². The second kappa shape index (κ2) is 8.33. The van der Waals surface area contributed by atoms with Crippen LogP contribution in [0.15, 0.2) is 60.7 Å². The van der Waals surface area contributed by atoms with Crippen molar-refractivity contribution < 1.29 is 4.57 Å². The van der Waals surface area contributed by atoms with Gasteiger partial charge in [-0.05, 0) is 57.8 Å². The minimum atomic E-state index is -1.44. The summed E-state index contributed by atoms with van der Waals surface area (Å²) in [6.07, 6.45) is 6.28. The first-order chi connectivity index (χ1) is 12.4. The first-order valence-corrected chi connectivity index (χ1v) is 11.7. The SMILES string of the molecule is C[C@@H]([C]1[CH][CH][CH][C]1[P+](=O)C(C)(C)C)P(c1ccccc1)c1ccccc1. The second-order valence-corrected chi connectivity index (χ2v) is 12.5. The highest BCUT2D eigenvalue weighted by molar-refractivity contribution is 7.73. The van der Waals surface area contributed by atoms with E-state index in [0.717, 1.165) is 5.66 Å². The summed E-state index contributed by atoms with van der Waals surface area (Å²) in [5, 5.41) is 2.50. The van der Waals surface area contributed by atoms with E-state index in [1.165, 1.54) is 16.5 Å². The van der Waals surface area contributed by atoms with Crippen LogP contribution in [-0.4, -0.2) is 10.8 Å². The highest BCUT2D eigenvalue weighted by Crippen LogP contribution is 2.61. The van der Waals surface area contributed by atoms with Crippen molar-refractivity contribution in [2.24, 2.45) is 0 Å². The van der Waals surface area contributed by atoms with Crippen LogP contribution in [0, 0.1) is 30.8 Å². The molecule has 0 saturated heterocycles. The summed E-state index contributed by atoms with van der Waals surface area (Å²) in [4.78, 5) is 0. The lowest BCUT2D eigenvalue weighted by molar-refractivity contribution is 0.566. The lowest BCUT2D eigenvalue weighted by Crippen LogP contribution is -2.27. The standard InChI is InChI=1S/C23H26OP2/c1-18(21-16-11-17-22(21)26(24)23(2,3)4)25(19-12-7-5-8-13-19)20-14-9-6-10-15-20/h5-18H,1-4H3/q+1/t18-/m0/s1.